The SMILES string of the molecule is COc1cccc(C(C=CSc2ccccc2Cl)=Nc2ccccc2)c1. The van der Waals surface area contributed by atoms with Crippen molar-refractivity contribution < 1.29 is 4.74 Å². The molecule has 0 aliphatic heterocycles. The number of thioether (sulfide) groups is 1. The summed E-state index contributed by atoms with van der Waals surface area (Å²) in [5.74, 6) is 0.801. The van der Waals surface area contributed by atoms with Crippen molar-refractivity contribution in [2.75, 3.05) is 7.11 Å². The summed E-state index contributed by atoms with van der Waals surface area (Å²) in [5.41, 5.74) is 2.75. The molecule has 0 spiro atoms. The molecule has 0 atom stereocenters. The molecule has 0 unspecified atom stereocenters. The number of aliphatic imine (C=N–C) groups is 1. The molecule has 26 heavy (non-hydrogen) atoms. The zero-order valence-corrected chi connectivity index (χ0v) is 15.9. The lowest BCUT2D eigenvalue weighted by Crippen LogP contribution is -1.97. The highest BCUT2D eigenvalue weighted by atomic mass is 35.5. The molecule has 3 aromatic carbocycles. The monoisotopic (exact) mass is 379 g/mol. The number of hydrogen-bond acceptors (Lipinski definition) is 3. The van der Waals surface area contributed by atoms with Crippen molar-refractivity contribution in [1.82, 2.24) is 0 Å². The second-order valence-corrected chi connectivity index (χ2v) is 6.77. The molecule has 4 heteroatoms. The van der Waals surface area contributed by atoms with E-state index in [0.717, 1.165) is 32.6 Å². The average Bonchev–Trinajstić information content (AvgIpc) is 2.69. The van der Waals surface area contributed by atoms with Crippen LogP contribution in [0.4, 0.5) is 5.69 Å². The molecular formula is C22H18ClNOS. The van der Waals surface area contributed by atoms with Crippen LogP contribution >= 0.6 is 23.4 Å². The normalized spacial score (nSPS) is 11.7. The highest BCUT2D eigenvalue weighted by Crippen LogP contribution is 2.28. The summed E-state index contributed by atoms with van der Waals surface area (Å²) in [6.45, 7) is 0. The molecule has 3 rings (SSSR count). The largest absolute Gasteiger partial charge is 0.497 e. The predicted molar refractivity (Wildman–Crippen MR) is 112 cm³/mol. The molecule has 0 aromatic heterocycles. The zero-order chi connectivity index (χ0) is 18.2. The first-order valence-electron chi connectivity index (χ1n) is 8.12. The minimum absolute atomic E-state index is 0.741. The molecule has 0 bridgehead atoms. The minimum atomic E-state index is 0.741. The molecule has 0 fully saturated rings. The smallest absolute Gasteiger partial charge is 0.119 e. The van der Waals surface area contributed by atoms with Gasteiger partial charge in [0.05, 0.1) is 23.5 Å². The molecule has 130 valence electrons. The van der Waals surface area contributed by atoms with E-state index in [2.05, 4.69) is 0 Å². The van der Waals surface area contributed by atoms with Crippen LogP contribution in [0.25, 0.3) is 0 Å². The summed E-state index contributed by atoms with van der Waals surface area (Å²) in [6, 6.07) is 25.6. The van der Waals surface area contributed by atoms with Gasteiger partial charge in [0.2, 0.25) is 0 Å². The lowest BCUT2D eigenvalue weighted by molar-refractivity contribution is 0.414. The van der Waals surface area contributed by atoms with E-state index in [0.29, 0.717) is 0 Å². The lowest BCUT2D eigenvalue weighted by Gasteiger charge is -2.06. The van der Waals surface area contributed by atoms with E-state index in [-0.39, 0.29) is 0 Å². The van der Waals surface area contributed by atoms with Gasteiger partial charge in [0.25, 0.3) is 0 Å². The van der Waals surface area contributed by atoms with Crippen molar-refractivity contribution in [2.24, 2.45) is 4.99 Å². The van der Waals surface area contributed by atoms with Crippen LogP contribution in [0.15, 0.2) is 100 Å². The Kier molecular flexibility index (Phi) is 6.53. The Bertz CT molecular complexity index is 922. The number of hydrogen-bond donors (Lipinski definition) is 0. The first-order chi connectivity index (χ1) is 12.8. The summed E-state index contributed by atoms with van der Waals surface area (Å²) in [5, 5.41) is 2.74. The number of rotatable bonds is 6. The number of methoxy groups -OCH3 is 1. The van der Waals surface area contributed by atoms with Gasteiger partial charge in [-0.2, -0.15) is 0 Å². The quantitative estimate of drug-likeness (QED) is 0.348. The standard InChI is InChI=1S/C22H18ClNOS/c1-25-19-11-7-8-17(16-19)21(24-18-9-3-2-4-10-18)14-15-26-22-13-6-5-12-20(22)23/h2-16H,1H3. The second-order valence-electron chi connectivity index (χ2n) is 5.42. The van der Waals surface area contributed by atoms with Crippen molar-refractivity contribution in [1.29, 1.82) is 0 Å². The molecule has 0 aliphatic rings. The third kappa shape index (κ3) is 5.01. The van der Waals surface area contributed by atoms with Gasteiger partial charge in [0, 0.05) is 10.5 Å². The number of ether oxygens (including phenoxy) is 1. The van der Waals surface area contributed by atoms with Gasteiger partial charge in [-0.1, -0.05) is 65.8 Å². The summed E-state index contributed by atoms with van der Waals surface area (Å²) in [6.07, 6.45) is 2.00. The molecule has 0 saturated heterocycles. The van der Waals surface area contributed by atoms with Crippen LogP contribution in [-0.4, -0.2) is 12.8 Å². The predicted octanol–water partition coefficient (Wildman–Crippen LogP) is 6.78. The molecule has 0 aliphatic carbocycles. The molecule has 0 saturated carbocycles. The Morgan fingerprint density at radius 2 is 1.73 bits per heavy atom. The highest BCUT2D eigenvalue weighted by Gasteiger charge is 2.03. The van der Waals surface area contributed by atoms with Gasteiger partial charge in [0.15, 0.2) is 0 Å². The van der Waals surface area contributed by atoms with Gasteiger partial charge < -0.3 is 4.74 Å². The molecule has 3 aromatic rings. The minimum Gasteiger partial charge on any atom is -0.497 e. The van der Waals surface area contributed by atoms with Crippen LogP contribution in [0.2, 0.25) is 5.02 Å². The molecule has 0 amide bonds. The van der Waals surface area contributed by atoms with Crippen molar-refractivity contribution in [3.05, 3.63) is 101 Å². The number of nitrogens with zero attached hydrogens (tertiary/aromatic N) is 1. The van der Waals surface area contributed by atoms with E-state index in [1.807, 2.05) is 90.3 Å². The summed E-state index contributed by atoms with van der Waals surface area (Å²) in [4.78, 5) is 5.80. The maximum Gasteiger partial charge on any atom is 0.119 e. The molecule has 0 heterocycles. The Balaban J connectivity index is 1.91. The van der Waals surface area contributed by atoms with Crippen LogP contribution in [0, 0.1) is 0 Å². The molecular weight excluding hydrogens is 362 g/mol. The Morgan fingerprint density at radius 3 is 2.50 bits per heavy atom. The topological polar surface area (TPSA) is 21.6 Å². The van der Waals surface area contributed by atoms with Crippen LogP contribution in [0.1, 0.15) is 5.56 Å². The maximum atomic E-state index is 6.22. The average molecular weight is 380 g/mol. The number of halogens is 1. The third-order valence-corrected chi connectivity index (χ3v) is 4.95. The summed E-state index contributed by atoms with van der Waals surface area (Å²) >= 11 is 7.79. The fourth-order valence-corrected chi connectivity index (χ4v) is 3.28. The summed E-state index contributed by atoms with van der Waals surface area (Å²) < 4.78 is 5.34. The Labute approximate surface area is 163 Å². The van der Waals surface area contributed by atoms with Gasteiger partial charge in [-0.3, -0.25) is 0 Å². The van der Waals surface area contributed by atoms with Crippen LogP contribution in [-0.2, 0) is 0 Å². The third-order valence-electron chi connectivity index (χ3n) is 3.63. The van der Waals surface area contributed by atoms with E-state index in [9.17, 15) is 0 Å². The fourth-order valence-electron chi connectivity index (χ4n) is 2.33. The molecule has 2 nitrogen and oxygen atoms in total. The van der Waals surface area contributed by atoms with E-state index < -0.39 is 0 Å². The van der Waals surface area contributed by atoms with Crippen LogP contribution < -0.4 is 4.74 Å². The van der Waals surface area contributed by atoms with Gasteiger partial charge in [-0.05, 0) is 47.9 Å². The van der Waals surface area contributed by atoms with Gasteiger partial charge in [-0.25, -0.2) is 4.99 Å². The lowest BCUT2D eigenvalue weighted by atomic mass is 10.1. The molecule has 0 radical (unpaired) electrons. The fraction of sp³-hybridized carbons (Fsp3) is 0.0455. The highest BCUT2D eigenvalue weighted by molar-refractivity contribution is 8.02. The van der Waals surface area contributed by atoms with Crippen molar-refractivity contribution in [2.45, 2.75) is 4.90 Å². The first-order valence-corrected chi connectivity index (χ1v) is 9.38. The van der Waals surface area contributed by atoms with E-state index in [1.54, 1.807) is 18.9 Å². The molecule has 0 N–H and O–H groups in total. The Hall–Kier alpha value is -2.49. The zero-order valence-electron chi connectivity index (χ0n) is 14.3. The Morgan fingerprint density at radius 1 is 0.962 bits per heavy atom. The van der Waals surface area contributed by atoms with Crippen LogP contribution in [0.3, 0.4) is 0 Å². The van der Waals surface area contributed by atoms with Crippen molar-refractivity contribution >= 4 is 34.8 Å². The van der Waals surface area contributed by atoms with Gasteiger partial charge in [-0.15, -0.1) is 0 Å². The summed E-state index contributed by atoms with van der Waals surface area (Å²) in [7, 11) is 1.66. The number of para-hydroxylation sites is 1. The number of allylic oxidation sites excluding steroid dienone is 1. The van der Waals surface area contributed by atoms with E-state index >= 15 is 0 Å². The van der Waals surface area contributed by atoms with E-state index in [4.69, 9.17) is 21.3 Å². The van der Waals surface area contributed by atoms with E-state index in [1.165, 1.54) is 0 Å². The van der Waals surface area contributed by atoms with Crippen LogP contribution in [0.5, 0.6) is 5.75 Å². The van der Waals surface area contributed by atoms with Gasteiger partial charge >= 0.3 is 0 Å². The van der Waals surface area contributed by atoms with Gasteiger partial charge in [0.1, 0.15) is 5.75 Å². The number of benzene rings is 3. The van der Waals surface area contributed by atoms with Crippen molar-refractivity contribution in [3.8, 4) is 5.75 Å². The van der Waals surface area contributed by atoms with Crippen molar-refractivity contribution in [3.63, 3.8) is 0 Å². The second kappa shape index (κ2) is 9.27. The maximum absolute atomic E-state index is 6.22. The first kappa shape index (κ1) is 18.3.